The van der Waals surface area contributed by atoms with Crippen molar-refractivity contribution in [2.75, 3.05) is 27.1 Å². The van der Waals surface area contributed by atoms with Gasteiger partial charge in [-0.3, -0.25) is 0 Å². The van der Waals surface area contributed by atoms with Crippen LogP contribution >= 0.6 is 0 Å². The molecule has 0 spiro atoms. The molecule has 0 aliphatic heterocycles. The van der Waals surface area contributed by atoms with Crippen LogP contribution in [0.25, 0.3) is 11.1 Å². The first-order valence-electron chi connectivity index (χ1n) is 6.99. The number of pyridine rings is 1. The van der Waals surface area contributed by atoms with Gasteiger partial charge in [0.15, 0.2) is 0 Å². The number of nitriles is 1. The van der Waals surface area contributed by atoms with Crippen LogP contribution in [0.5, 0.6) is 11.5 Å². The summed E-state index contributed by atoms with van der Waals surface area (Å²) in [6, 6.07) is 7.07. The van der Waals surface area contributed by atoms with Crippen molar-refractivity contribution in [2.45, 2.75) is 6.92 Å². The first-order chi connectivity index (χ1) is 11.5. The summed E-state index contributed by atoms with van der Waals surface area (Å²) in [7, 11) is 4.27. The summed E-state index contributed by atoms with van der Waals surface area (Å²) in [5.74, 6) is 0.417. The molecule has 7 heteroatoms. The van der Waals surface area contributed by atoms with E-state index in [0.29, 0.717) is 28.3 Å². The normalized spacial score (nSPS) is 9.96. The average Bonchev–Trinajstić information content (AvgIpc) is 2.59. The van der Waals surface area contributed by atoms with Crippen LogP contribution in [0.2, 0.25) is 0 Å². The fourth-order valence-electron chi connectivity index (χ4n) is 2.47. The van der Waals surface area contributed by atoms with E-state index in [1.165, 1.54) is 21.3 Å². The number of ether oxygens (including phenoxy) is 3. The highest BCUT2D eigenvalue weighted by Crippen LogP contribution is 2.39. The third kappa shape index (κ3) is 2.82. The van der Waals surface area contributed by atoms with Gasteiger partial charge in [-0.15, -0.1) is 0 Å². The second-order valence-electron chi connectivity index (χ2n) is 4.88. The number of benzene rings is 1. The number of carbonyl (C=O) groups is 1. The van der Waals surface area contributed by atoms with E-state index in [-0.39, 0.29) is 16.9 Å². The summed E-state index contributed by atoms with van der Waals surface area (Å²) >= 11 is 0. The van der Waals surface area contributed by atoms with Gasteiger partial charge in [0.1, 0.15) is 28.9 Å². The van der Waals surface area contributed by atoms with Crippen molar-refractivity contribution in [2.24, 2.45) is 0 Å². The summed E-state index contributed by atoms with van der Waals surface area (Å²) < 4.78 is 15.5. The Hall–Kier alpha value is -3.27. The summed E-state index contributed by atoms with van der Waals surface area (Å²) in [4.78, 5) is 16.4. The van der Waals surface area contributed by atoms with Crippen molar-refractivity contribution in [3.63, 3.8) is 0 Å². The molecule has 0 bridgehead atoms. The monoisotopic (exact) mass is 327 g/mol. The Morgan fingerprint density at radius 3 is 2.50 bits per heavy atom. The molecule has 2 rings (SSSR count). The second-order valence-corrected chi connectivity index (χ2v) is 4.88. The van der Waals surface area contributed by atoms with Crippen molar-refractivity contribution in [1.29, 1.82) is 5.26 Å². The molecule has 0 fully saturated rings. The molecular weight excluding hydrogens is 310 g/mol. The van der Waals surface area contributed by atoms with Crippen LogP contribution < -0.4 is 15.2 Å². The minimum absolute atomic E-state index is 0.0301. The Labute approximate surface area is 139 Å². The van der Waals surface area contributed by atoms with Crippen LogP contribution in [0, 0.1) is 18.3 Å². The third-order valence-corrected chi connectivity index (χ3v) is 3.58. The number of nitrogen functional groups attached to an aromatic ring is 1. The van der Waals surface area contributed by atoms with E-state index in [4.69, 9.17) is 19.9 Å². The van der Waals surface area contributed by atoms with Gasteiger partial charge in [0.25, 0.3) is 0 Å². The number of aryl methyl sites for hydroxylation is 1. The molecule has 1 aromatic heterocycles. The van der Waals surface area contributed by atoms with Crippen molar-refractivity contribution < 1.29 is 19.0 Å². The highest BCUT2D eigenvalue weighted by Gasteiger charge is 2.26. The smallest absolute Gasteiger partial charge is 0.340 e. The first kappa shape index (κ1) is 17.1. The van der Waals surface area contributed by atoms with Gasteiger partial charge in [-0.1, -0.05) is 0 Å². The number of hydrogen-bond donors (Lipinski definition) is 1. The van der Waals surface area contributed by atoms with Crippen molar-refractivity contribution >= 4 is 11.8 Å². The van der Waals surface area contributed by atoms with Gasteiger partial charge in [-0.2, -0.15) is 5.26 Å². The van der Waals surface area contributed by atoms with E-state index >= 15 is 0 Å². The maximum Gasteiger partial charge on any atom is 0.340 e. The molecule has 0 atom stereocenters. The Morgan fingerprint density at radius 1 is 1.25 bits per heavy atom. The Bertz CT molecular complexity index is 841. The summed E-state index contributed by atoms with van der Waals surface area (Å²) in [6.07, 6.45) is 0. The minimum Gasteiger partial charge on any atom is -0.497 e. The lowest BCUT2D eigenvalue weighted by atomic mass is 9.93. The number of anilines is 1. The summed E-state index contributed by atoms with van der Waals surface area (Å²) in [5.41, 5.74) is 7.28. The van der Waals surface area contributed by atoms with Crippen LogP contribution in [-0.2, 0) is 4.74 Å². The quantitative estimate of drug-likeness (QED) is 0.858. The number of esters is 1. The molecule has 2 aromatic rings. The Morgan fingerprint density at radius 2 is 1.96 bits per heavy atom. The van der Waals surface area contributed by atoms with Crippen LogP contribution in [-0.4, -0.2) is 32.3 Å². The van der Waals surface area contributed by atoms with E-state index < -0.39 is 5.97 Å². The predicted octanol–water partition coefficient (Wildman–Crippen LogP) is 2.31. The second kappa shape index (κ2) is 6.87. The fraction of sp³-hybridized carbons (Fsp3) is 0.235. The number of rotatable bonds is 4. The van der Waals surface area contributed by atoms with Gasteiger partial charge in [0, 0.05) is 11.1 Å². The van der Waals surface area contributed by atoms with Crippen LogP contribution in [0.1, 0.15) is 21.6 Å². The van der Waals surface area contributed by atoms with Gasteiger partial charge in [-0.05, 0) is 25.1 Å². The van der Waals surface area contributed by atoms with Crippen LogP contribution in [0.4, 0.5) is 5.82 Å². The molecule has 0 aliphatic carbocycles. The predicted molar refractivity (Wildman–Crippen MR) is 88.0 cm³/mol. The fourth-order valence-corrected chi connectivity index (χ4v) is 2.47. The number of hydrogen-bond acceptors (Lipinski definition) is 7. The molecule has 0 amide bonds. The topological polar surface area (TPSA) is 107 Å². The zero-order chi connectivity index (χ0) is 17.9. The summed E-state index contributed by atoms with van der Waals surface area (Å²) in [6.45, 7) is 1.62. The maximum absolute atomic E-state index is 12.3. The molecule has 7 nitrogen and oxygen atoms in total. The van der Waals surface area contributed by atoms with E-state index in [0.717, 1.165) is 0 Å². The van der Waals surface area contributed by atoms with Gasteiger partial charge in [0.05, 0.1) is 32.6 Å². The molecule has 1 aromatic carbocycles. The molecule has 0 unspecified atom stereocenters. The maximum atomic E-state index is 12.3. The zero-order valence-electron chi connectivity index (χ0n) is 13.8. The first-order valence-corrected chi connectivity index (χ1v) is 6.99. The van der Waals surface area contributed by atoms with E-state index in [2.05, 4.69) is 4.98 Å². The number of aromatic nitrogens is 1. The number of methoxy groups -OCH3 is 3. The molecule has 0 radical (unpaired) electrons. The molecule has 0 saturated heterocycles. The van der Waals surface area contributed by atoms with Crippen LogP contribution in [0.3, 0.4) is 0 Å². The Kier molecular flexibility index (Phi) is 4.90. The molecule has 1 heterocycles. The van der Waals surface area contributed by atoms with E-state index in [9.17, 15) is 10.1 Å². The standard InChI is InChI=1S/C17H17N3O4/c1-9-14(17(21)24-4)15(12(8-18)16(19)20-9)11-7-10(22-2)5-6-13(11)23-3/h5-7H,1-4H3,(H2,19,20). The highest BCUT2D eigenvalue weighted by molar-refractivity contribution is 6.02. The van der Waals surface area contributed by atoms with E-state index in [1.807, 2.05) is 6.07 Å². The van der Waals surface area contributed by atoms with Gasteiger partial charge in [-0.25, -0.2) is 9.78 Å². The number of nitrogens with zero attached hydrogens (tertiary/aromatic N) is 2. The lowest BCUT2D eigenvalue weighted by Gasteiger charge is -2.17. The van der Waals surface area contributed by atoms with Crippen molar-refractivity contribution in [1.82, 2.24) is 4.98 Å². The molecule has 0 saturated carbocycles. The highest BCUT2D eigenvalue weighted by atomic mass is 16.5. The largest absolute Gasteiger partial charge is 0.497 e. The zero-order valence-corrected chi connectivity index (χ0v) is 13.8. The van der Waals surface area contributed by atoms with Gasteiger partial charge in [0.2, 0.25) is 0 Å². The van der Waals surface area contributed by atoms with Gasteiger partial charge < -0.3 is 19.9 Å². The van der Waals surface area contributed by atoms with E-state index in [1.54, 1.807) is 25.1 Å². The SMILES string of the molecule is COC(=O)c1c(C)nc(N)c(C#N)c1-c1cc(OC)ccc1OC. The van der Waals surface area contributed by atoms with Crippen molar-refractivity contribution in [3.05, 3.63) is 35.0 Å². The van der Waals surface area contributed by atoms with Crippen LogP contribution in [0.15, 0.2) is 18.2 Å². The number of carbonyl (C=O) groups excluding carboxylic acids is 1. The lowest BCUT2D eigenvalue weighted by molar-refractivity contribution is 0.0600. The lowest BCUT2D eigenvalue weighted by Crippen LogP contribution is -2.12. The molecule has 0 aliphatic rings. The molecular formula is C17H17N3O4. The van der Waals surface area contributed by atoms with Crippen molar-refractivity contribution in [3.8, 4) is 28.7 Å². The Balaban J connectivity index is 2.97. The summed E-state index contributed by atoms with van der Waals surface area (Å²) in [5, 5.41) is 9.53. The van der Waals surface area contributed by atoms with Gasteiger partial charge >= 0.3 is 5.97 Å². The molecule has 124 valence electrons. The molecule has 24 heavy (non-hydrogen) atoms. The number of nitrogens with two attached hydrogens (primary N) is 1. The molecule has 2 N–H and O–H groups in total. The minimum atomic E-state index is -0.614. The average molecular weight is 327 g/mol. The third-order valence-electron chi connectivity index (χ3n) is 3.58.